The number of hydrogen-bond donors (Lipinski definition) is 1. The third-order valence-electron chi connectivity index (χ3n) is 5.36. The second-order valence-corrected chi connectivity index (χ2v) is 7.42. The number of hydrogen-bond acceptors (Lipinski definition) is 4. The van der Waals surface area contributed by atoms with E-state index in [4.69, 9.17) is 9.47 Å². The number of para-hydroxylation sites is 1. The first-order chi connectivity index (χ1) is 13.1. The summed E-state index contributed by atoms with van der Waals surface area (Å²) >= 11 is 0. The molecular weight excluding hydrogens is 340 g/mol. The molecule has 0 radical (unpaired) electrons. The van der Waals surface area contributed by atoms with Crippen molar-refractivity contribution in [3.05, 3.63) is 29.8 Å². The van der Waals surface area contributed by atoms with Crippen LogP contribution in [0, 0.1) is 5.92 Å². The Bertz CT molecular complexity index is 585. The smallest absolute Gasteiger partial charge is 0.193 e. The monoisotopic (exact) mass is 376 g/mol. The van der Waals surface area contributed by atoms with Gasteiger partial charge in [-0.3, -0.25) is 4.99 Å². The normalized spacial score (nSPS) is 17.0. The van der Waals surface area contributed by atoms with Gasteiger partial charge in [-0.1, -0.05) is 18.2 Å². The molecule has 1 unspecified atom stereocenters. The lowest BCUT2D eigenvalue weighted by atomic mass is 9.96. The molecule has 6 heteroatoms. The highest BCUT2D eigenvalue weighted by Crippen LogP contribution is 2.27. The highest BCUT2D eigenvalue weighted by Gasteiger charge is 2.20. The lowest BCUT2D eigenvalue weighted by Crippen LogP contribution is -2.43. The van der Waals surface area contributed by atoms with Gasteiger partial charge in [0.05, 0.1) is 13.2 Å². The summed E-state index contributed by atoms with van der Waals surface area (Å²) in [5.41, 5.74) is 1.18. The maximum atomic E-state index is 5.56. The average Bonchev–Trinajstić information content (AvgIpc) is 2.70. The maximum Gasteiger partial charge on any atom is 0.193 e. The van der Waals surface area contributed by atoms with Crippen LogP contribution in [0.3, 0.4) is 0 Å². The zero-order valence-electron chi connectivity index (χ0n) is 17.6. The molecule has 0 aliphatic carbocycles. The Morgan fingerprint density at radius 3 is 2.59 bits per heavy atom. The van der Waals surface area contributed by atoms with Crippen molar-refractivity contribution in [2.24, 2.45) is 10.9 Å². The minimum Gasteiger partial charge on any atom is -0.496 e. The number of nitrogens with one attached hydrogen (secondary N) is 1. The van der Waals surface area contributed by atoms with E-state index in [0.29, 0.717) is 0 Å². The first kappa shape index (κ1) is 21.5. The van der Waals surface area contributed by atoms with Crippen LogP contribution in [0.25, 0.3) is 0 Å². The Kier molecular flexibility index (Phi) is 8.88. The molecule has 0 spiro atoms. The number of benzene rings is 1. The molecule has 0 bridgehead atoms. The van der Waals surface area contributed by atoms with Crippen LogP contribution in [0.2, 0.25) is 0 Å². The van der Waals surface area contributed by atoms with Gasteiger partial charge in [0.25, 0.3) is 0 Å². The fourth-order valence-electron chi connectivity index (χ4n) is 3.60. The molecule has 1 fully saturated rings. The number of guanidine groups is 1. The van der Waals surface area contributed by atoms with E-state index in [1.54, 1.807) is 7.11 Å². The summed E-state index contributed by atoms with van der Waals surface area (Å²) in [6, 6.07) is 8.40. The van der Waals surface area contributed by atoms with E-state index in [2.05, 4.69) is 53.4 Å². The second-order valence-electron chi connectivity index (χ2n) is 7.42. The van der Waals surface area contributed by atoms with Gasteiger partial charge < -0.3 is 24.6 Å². The number of ether oxygens (including phenoxy) is 2. The van der Waals surface area contributed by atoms with Crippen molar-refractivity contribution < 1.29 is 9.47 Å². The predicted octanol–water partition coefficient (Wildman–Crippen LogP) is 2.62. The topological polar surface area (TPSA) is 49.3 Å². The zero-order valence-corrected chi connectivity index (χ0v) is 17.6. The molecule has 1 aliphatic rings. The standard InChI is InChI=1S/C21H36N4O2/c1-22-21(25(4)13-10-17-11-14-27-15-12-17)23-16-19(24(2)3)18-8-6-7-9-20(18)26-5/h6-9,17,19H,10-16H2,1-5H3,(H,22,23). The molecule has 1 N–H and O–H groups in total. The van der Waals surface area contributed by atoms with Crippen LogP contribution < -0.4 is 10.1 Å². The third kappa shape index (κ3) is 6.40. The van der Waals surface area contributed by atoms with Crippen LogP contribution in [0.5, 0.6) is 5.75 Å². The van der Waals surface area contributed by atoms with Crippen molar-refractivity contribution in [3.8, 4) is 5.75 Å². The Balaban J connectivity index is 1.93. The van der Waals surface area contributed by atoms with E-state index in [1.807, 2.05) is 19.2 Å². The molecular formula is C21H36N4O2. The molecule has 152 valence electrons. The fourth-order valence-corrected chi connectivity index (χ4v) is 3.60. The number of nitrogens with zero attached hydrogens (tertiary/aromatic N) is 3. The highest BCUT2D eigenvalue weighted by molar-refractivity contribution is 5.79. The molecule has 1 saturated heterocycles. The maximum absolute atomic E-state index is 5.56. The van der Waals surface area contributed by atoms with Crippen molar-refractivity contribution in [2.75, 3.05) is 61.6 Å². The second kappa shape index (κ2) is 11.1. The van der Waals surface area contributed by atoms with Gasteiger partial charge >= 0.3 is 0 Å². The lowest BCUT2D eigenvalue weighted by Gasteiger charge is -2.30. The molecule has 0 saturated carbocycles. The van der Waals surface area contributed by atoms with E-state index in [9.17, 15) is 0 Å². The van der Waals surface area contributed by atoms with Crippen LogP contribution in [-0.2, 0) is 4.74 Å². The van der Waals surface area contributed by atoms with Crippen LogP contribution in [0.4, 0.5) is 0 Å². The Labute approximate surface area is 164 Å². The van der Waals surface area contributed by atoms with E-state index in [-0.39, 0.29) is 6.04 Å². The SMILES string of the molecule is CN=C(NCC(c1ccccc1OC)N(C)C)N(C)CCC1CCOCC1. The van der Waals surface area contributed by atoms with E-state index in [1.165, 1.54) is 24.8 Å². The predicted molar refractivity (Wildman–Crippen MR) is 112 cm³/mol. The Hall–Kier alpha value is -1.79. The molecule has 2 rings (SSSR count). The largest absolute Gasteiger partial charge is 0.496 e. The van der Waals surface area contributed by atoms with Crippen LogP contribution >= 0.6 is 0 Å². The van der Waals surface area contributed by atoms with Gasteiger partial charge in [0.2, 0.25) is 0 Å². The molecule has 0 aromatic heterocycles. The first-order valence-electron chi connectivity index (χ1n) is 9.85. The molecule has 0 amide bonds. The molecule has 1 heterocycles. The minimum absolute atomic E-state index is 0.196. The first-order valence-corrected chi connectivity index (χ1v) is 9.85. The molecule has 1 aromatic rings. The summed E-state index contributed by atoms with van der Waals surface area (Å²) in [5, 5.41) is 3.54. The van der Waals surface area contributed by atoms with Gasteiger partial charge in [0.15, 0.2) is 5.96 Å². The fraction of sp³-hybridized carbons (Fsp3) is 0.667. The van der Waals surface area contributed by atoms with Crippen molar-refractivity contribution in [2.45, 2.75) is 25.3 Å². The van der Waals surface area contributed by atoms with E-state index < -0.39 is 0 Å². The Morgan fingerprint density at radius 2 is 1.96 bits per heavy atom. The number of likely N-dealkylation sites (N-methyl/N-ethyl adjacent to an activating group) is 1. The van der Waals surface area contributed by atoms with Crippen LogP contribution in [0.1, 0.15) is 30.9 Å². The van der Waals surface area contributed by atoms with Gasteiger partial charge in [-0.15, -0.1) is 0 Å². The summed E-state index contributed by atoms with van der Waals surface area (Å²) in [6.45, 7) is 3.59. The van der Waals surface area contributed by atoms with E-state index >= 15 is 0 Å². The average molecular weight is 377 g/mol. The summed E-state index contributed by atoms with van der Waals surface area (Å²) < 4.78 is 11.0. The summed E-state index contributed by atoms with van der Waals surface area (Å²) in [6.07, 6.45) is 3.54. The van der Waals surface area contributed by atoms with Crippen molar-refractivity contribution in [1.82, 2.24) is 15.1 Å². The van der Waals surface area contributed by atoms with Crippen molar-refractivity contribution >= 4 is 5.96 Å². The Morgan fingerprint density at radius 1 is 1.26 bits per heavy atom. The molecule has 27 heavy (non-hydrogen) atoms. The van der Waals surface area contributed by atoms with Gasteiger partial charge in [-0.25, -0.2) is 0 Å². The van der Waals surface area contributed by atoms with Gasteiger partial charge in [0.1, 0.15) is 5.75 Å². The van der Waals surface area contributed by atoms with Gasteiger partial charge in [-0.2, -0.15) is 0 Å². The molecule has 6 nitrogen and oxygen atoms in total. The van der Waals surface area contributed by atoms with Crippen LogP contribution in [-0.4, -0.2) is 77.4 Å². The third-order valence-corrected chi connectivity index (χ3v) is 5.36. The quantitative estimate of drug-likeness (QED) is 0.558. The molecule has 1 aliphatic heterocycles. The molecule has 1 atom stereocenters. The van der Waals surface area contributed by atoms with Gasteiger partial charge in [-0.05, 0) is 45.3 Å². The highest BCUT2D eigenvalue weighted by atomic mass is 16.5. The number of methoxy groups -OCH3 is 1. The number of rotatable bonds is 8. The van der Waals surface area contributed by atoms with Crippen LogP contribution in [0.15, 0.2) is 29.3 Å². The van der Waals surface area contributed by atoms with Gasteiger partial charge in [0, 0.05) is 46.0 Å². The minimum atomic E-state index is 0.196. The lowest BCUT2D eigenvalue weighted by molar-refractivity contribution is 0.0625. The zero-order chi connectivity index (χ0) is 19.6. The molecule has 1 aromatic carbocycles. The van der Waals surface area contributed by atoms with E-state index in [0.717, 1.165) is 43.9 Å². The van der Waals surface area contributed by atoms with Crippen molar-refractivity contribution in [3.63, 3.8) is 0 Å². The summed E-state index contributed by atoms with van der Waals surface area (Å²) in [5.74, 6) is 2.62. The van der Waals surface area contributed by atoms with Crippen molar-refractivity contribution in [1.29, 1.82) is 0 Å². The summed E-state index contributed by atoms with van der Waals surface area (Å²) in [4.78, 5) is 8.91. The number of aliphatic imine (C=N–C) groups is 1. The summed E-state index contributed by atoms with van der Waals surface area (Å²) in [7, 11) is 9.87.